The average Bonchev–Trinajstić information content (AvgIpc) is 2.03. The van der Waals surface area contributed by atoms with Gasteiger partial charge in [0.1, 0.15) is 0 Å². The lowest BCUT2D eigenvalue weighted by molar-refractivity contribution is 0.0211. The highest BCUT2D eigenvalue weighted by Gasteiger charge is 2.18. The minimum absolute atomic E-state index is 0.514. The van der Waals surface area contributed by atoms with Crippen LogP contribution in [0.4, 0.5) is 5.69 Å². The van der Waals surface area contributed by atoms with Crippen molar-refractivity contribution in [2.24, 2.45) is 0 Å². The van der Waals surface area contributed by atoms with Gasteiger partial charge in [0.25, 0.3) is 0 Å². The molecule has 0 atom stereocenters. The number of ether oxygens (including phenoxy) is 1. The van der Waals surface area contributed by atoms with Crippen molar-refractivity contribution < 1.29 is 4.74 Å². The fraction of sp³-hybridized carbons (Fsp3) is 0.455. The van der Waals surface area contributed by atoms with E-state index in [0.29, 0.717) is 6.04 Å². The van der Waals surface area contributed by atoms with Crippen molar-refractivity contribution in [2.75, 3.05) is 18.5 Å². The molecule has 2 rings (SSSR count). The molecule has 1 fully saturated rings. The van der Waals surface area contributed by atoms with Crippen LogP contribution in [0, 0.1) is 13.8 Å². The van der Waals surface area contributed by atoms with Crippen LogP contribution in [0.2, 0.25) is 0 Å². The molecular formula is C11H15NO. The van der Waals surface area contributed by atoms with E-state index >= 15 is 0 Å². The Hall–Kier alpha value is -1.02. The Morgan fingerprint density at radius 2 is 2.08 bits per heavy atom. The highest BCUT2D eigenvalue weighted by molar-refractivity contribution is 5.53. The van der Waals surface area contributed by atoms with Crippen molar-refractivity contribution in [2.45, 2.75) is 19.9 Å². The van der Waals surface area contributed by atoms with Gasteiger partial charge in [0.05, 0.1) is 19.3 Å². The monoisotopic (exact) mass is 177 g/mol. The molecule has 1 aromatic rings. The van der Waals surface area contributed by atoms with Gasteiger partial charge in [-0.2, -0.15) is 0 Å². The predicted octanol–water partition coefficient (Wildman–Crippen LogP) is 2.11. The Morgan fingerprint density at radius 1 is 1.31 bits per heavy atom. The lowest BCUT2D eigenvalue weighted by atomic mass is 10.1. The summed E-state index contributed by atoms with van der Waals surface area (Å²) in [5, 5.41) is 3.46. The third-order valence-electron chi connectivity index (χ3n) is 2.39. The van der Waals surface area contributed by atoms with Crippen LogP contribution >= 0.6 is 0 Å². The summed E-state index contributed by atoms with van der Waals surface area (Å²) in [6.45, 7) is 5.92. The first-order valence-electron chi connectivity index (χ1n) is 4.67. The van der Waals surface area contributed by atoms with Gasteiger partial charge in [0.15, 0.2) is 0 Å². The zero-order chi connectivity index (χ0) is 9.26. The second kappa shape index (κ2) is 3.38. The second-order valence-corrected chi connectivity index (χ2v) is 3.70. The summed E-state index contributed by atoms with van der Waals surface area (Å²) in [4.78, 5) is 0. The maximum absolute atomic E-state index is 5.11. The van der Waals surface area contributed by atoms with Crippen molar-refractivity contribution >= 4 is 5.69 Å². The summed E-state index contributed by atoms with van der Waals surface area (Å²) < 4.78 is 5.11. The molecule has 2 nitrogen and oxygen atoms in total. The molecule has 0 spiro atoms. The molecular weight excluding hydrogens is 162 g/mol. The Morgan fingerprint density at radius 3 is 2.69 bits per heavy atom. The van der Waals surface area contributed by atoms with Gasteiger partial charge in [0, 0.05) is 5.69 Å². The Kier molecular flexibility index (Phi) is 2.23. The van der Waals surface area contributed by atoms with Gasteiger partial charge in [-0.1, -0.05) is 12.1 Å². The molecule has 1 aliphatic heterocycles. The zero-order valence-electron chi connectivity index (χ0n) is 8.13. The van der Waals surface area contributed by atoms with Crippen molar-refractivity contribution in [1.29, 1.82) is 0 Å². The largest absolute Gasteiger partial charge is 0.377 e. The molecule has 0 unspecified atom stereocenters. The smallest absolute Gasteiger partial charge is 0.0728 e. The Balaban J connectivity index is 2.13. The minimum Gasteiger partial charge on any atom is -0.377 e. The SMILES string of the molecule is Cc1ccc(C)c(NC2COC2)c1. The summed E-state index contributed by atoms with van der Waals surface area (Å²) in [5.74, 6) is 0. The number of aryl methyl sites for hydroxylation is 2. The van der Waals surface area contributed by atoms with Crippen LogP contribution in [0.1, 0.15) is 11.1 Å². The van der Waals surface area contributed by atoms with Gasteiger partial charge in [0.2, 0.25) is 0 Å². The molecule has 0 aliphatic carbocycles. The van der Waals surface area contributed by atoms with Gasteiger partial charge >= 0.3 is 0 Å². The number of rotatable bonds is 2. The van der Waals surface area contributed by atoms with E-state index in [-0.39, 0.29) is 0 Å². The number of anilines is 1. The van der Waals surface area contributed by atoms with Crippen molar-refractivity contribution in [3.8, 4) is 0 Å². The van der Waals surface area contributed by atoms with Crippen LogP contribution < -0.4 is 5.32 Å². The first kappa shape index (κ1) is 8.57. The predicted molar refractivity (Wildman–Crippen MR) is 54.1 cm³/mol. The van der Waals surface area contributed by atoms with E-state index in [1.165, 1.54) is 16.8 Å². The molecule has 1 saturated heterocycles. The lowest BCUT2D eigenvalue weighted by Crippen LogP contribution is -2.40. The molecule has 13 heavy (non-hydrogen) atoms. The molecule has 0 saturated carbocycles. The Bertz CT molecular complexity index is 305. The fourth-order valence-corrected chi connectivity index (χ4v) is 1.43. The highest BCUT2D eigenvalue weighted by Crippen LogP contribution is 2.19. The van der Waals surface area contributed by atoms with Gasteiger partial charge in [-0.15, -0.1) is 0 Å². The van der Waals surface area contributed by atoms with Gasteiger partial charge in [-0.25, -0.2) is 0 Å². The molecule has 70 valence electrons. The van der Waals surface area contributed by atoms with E-state index < -0.39 is 0 Å². The van der Waals surface area contributed by atoms with Gasteiger partial charge in [-0.05, 0) is 31.0 Å². The minimum atomic E-state index is 0.514. The summed E-state index contributed by atoms with van der Waals surface area (Å²) in [5.41, 5.74) is 3.85. The maximum atomic E-state index is 5.11. The van der Waals surface area contributed by atoms with Crippen molar-refractivity contribution in [3.05, 3.63) is 29.3 Å². The van der Waals surface area contributed by atoms with E-state index in [2.05, 4.69) is 37.4 Å². The molecule has 0 radical (unpaired) electrons. The van der Waals surface area contributed by atoms with Crippen LogP contribution in [0.5, 0.6) is 0 Å². The summed E-state index contributed by atoms with van der Waals surface area (Å²) in [7, 11) is 0. The third kappa shape index (κ3) is 1.83. The normalized spacial score (nSPS) is 16.8. The fourth-order valence-electron chi connectivity index (χ4n) is 1.43. The zero-order valence-corrected chi connectivity index (χ0v) is 8.13. The van der Waals surface area contributed by atoms with Crippen LogP contribution in [-0.4, -0.2) is 19.3 Å². The molecule has 0 bridgehead atoms. The highest BCUT2D eigenvalue weighted by atomic mass is 16.5. The molecule has 0 aromatic heterocycles. The molecule has 1 heterocycles. The average molecular weight is 177 g/mol. The van der Waals surface area contributed by atoms with E-state index in [1.807, 2.05) is 0 Å². The maximum Gasteiger partial charge on any atom is 0.0728 e. The topological polar surface area (TPSA) is 21.3 Å². The molecule has 2 heteroatoms. The number of nitrogens with one attached hydrogen (secondary N) is 1. The van der Waals surface area contributed by atoms with Crippen LogP contribution in [0.25, 0.3) is 0 Å². The number of benzene rings is 1. The van der Waals surface area contributed by atoms with Crippen molar-refractivity contribution in [1.82, 2.24) is 0 Å². The summed E-state index contributed by atoms with van der Waals surface area (Å²) in [6.07, 6.45) is 0. The quantitative estimate of drug-likeness (QED) is 0.747. The van der Waals surface area contributed by atoms with E-state index in [4.69, 9.17) is 4.74 Å². The second-order valence-electron chi connectivity index (χ2n) is 3.70. The Labute approximate surface area is 78.9 Å². The van der Waals surface area contributed by atoms with Gasteiger partial charge < -0.3 is 10.1 Å². The molecule has 1 aromatic carbocycles. The summed E-state index contributed by atoms with van der Waals surface area (Å²) >= 11 is 0. The first-order chi connectivity index (χ1) is 6.25. The standard InChI is InChI=1S/C11H15NO/c1-8-3-4-9(2)11(5-8)12-10-6-13-7-10/h3-5,10,12H,6-7H2,1-2H3. The van der Waals surface area contributed by atoms with Crippen LogP contribution in [-0.2, 0) is 4.74 Å². The van der Waals surface area contributed by atoms with E-state index in [0.717, 1.165) is 13.2 Å². The lowest BCUT2D eigenvalue weighted by Gasteiger charge is -2.28. The van der Waals surface area contributed by atoms with E-state index in [9.17, 15) is 0 Å². The first-order valence-corrected chi connectivity index (χ1v) is 4.67. The molecule has 1 N–H and O–H groups in total. The van der Waals surface area contributed by atoms with Gasteiger partial charge in [-0.3, -0.25) is 0 Å². The third-order valence-corrected chi connectivity index (χ3v) is 2.39. The molecule has 0 amide bonds. The number of hydrogen-bond donors (Lipinski definition) is 1. The molecule has 1 aliphatic rings. The van der Waals surface area contributed by atoms with E-state index in [1.54, 1.807) is 0 Å². The van der Waals surface area contributed by atoms with Crippen LogP contribution in [0.15, 0.2) is 18.2 Å². The van der Waals surface area contributed by atoms with Crippen molar-refractivity contribution in [3.63, 3.8) is 0 Å². The number of hydrogen-bond acceptors (Lipinski definition) is 2. The summed E-state index contributed by atoms with van der Waals surface area (Å²) in [6, 6.07) is 6.99. The van der Waals surface area contributed by atoms with Crippen LogP contribution in [0.3, 0.4) is 0 Å².